The third-order valence-electron chi connectivity index (χ3n) is 2.88. The number of carbonyl (C=O) groups excluding carboxylic acids is 1. The Balaban J connectivity index is 2.22. The maximum atomic E-state index is 11.8. The summed E-state index contributed by atoms with van der Waals surface area (Å²) in [7, 11) is 1.76. The van der Waals surface area contributed by atoms with Gasteiger partial charge in [-0.3, -0.25) is 9.69 Å². The molecule has 1 rings (SSSR count). The number of amides is 1. The van der Waals surface area contributed by atoms with Crippen molar-refractivity contribution in [2.45, 2.75) is 32.0 Å². The van der Waals surface area contributed by atoms with Crippen molar-refractivity contribution in [1.82, 2.24) is 10.2 Å². The molecule has 1 unspecified atom stereocenters. The number of carbonyl (C=O) groups is 1. The van der Waals surface area contributed by atoms with Crippen LogP contribution in [0.3, 0.4) is 0 Å². The van der Waals surface area contributed by atoms with E-state index in [2.05, 4.69) is 0 Å². The third-order valence-corrected chi connectivity index (χ3v) is 2.88. The van der Waals surface area contributed by atoms with E-state index in [9.17, 15) is 18.0 Å². The van der Waals surface area contributed by atoms with E-state index in [1.54, 1.807) is 11.9 Å². The fraction of sp³-hybridized carbons (Fsp3) is 0.900. The first kappa shape index (κ1) is 13.3. The van der Waals surface area contributed by atoms with Crippen LogP contribution in [0.15, 0.2) is 0 Å². The minimum absolute atomic E-state index is 0.0216. The van der Waals surface area contributed by atoms with Crippen molar-refractivity contribution < 1.29 is 18.0 Å². The topological polar surface area (TPSA) is 32.3 Å². The molecule has 0 radical (unpaired) electrons. The zero-order valence-corrected chi connectivity index (χ0v) is 9.47. The van der Waals surface area contributed by atoms with Gasteiger partial charge in [0.1, 0.15) is 6.54 Å². The number of rotatable bonds is 5. The molecule has 1 aliphatic carbocycles. The number of hydrogen-bond acceptors (Lipinski definition) is 2. The molecule has 94 valence electrons. The van der Waals surface area contributed by atoms with Crippen molar-refractivity contribution in [3.63, 3.8) is 0 Å². The SMILES string of the molecule is CC(C1CC1)N(C)CC(=O)NCC(F)(F)F. The molecule has 0 aromatic heterocycles. The van der Waals surface area contributed by atoms with Gasteiger partial charge in [0.15, 0.2) is 0 Å². The highest BCUT2D eigenvalue weighted by Gasteiger charge is 2.32. The average molecular weight is 238 g/mol. The lowest BCUT2D eigenvalue weighted by atomic mass is 10.2. The highest BCUT2D eigenvalue weighted by atomic mass is 19.4. The standard InChI is InChI=1S/C10H17F3N2O/c1-7(8-3-4-8)15(2)5-9(16)14-6-10(11,12)13/h7-8H,3-6H2,1-2H3,(H,14,16). The van der Waals surface area contributed by atoms with Crippen LogP contribution < -0.4 is 5.32 Å². The van der Waals surface area contributed by atoms with Crippen molar-refractivity contribution >= 4 is 5.91 Å². The molecule has 1 aliphatic rings. The van der Waals surface area contributed by atoms with Gasteiger partial charge < -0.3 is 5.32 Å². The third kappa shape index (κ3) is 4.83. The van der Waals surface area contributed by atoms with E-state index in [4.69, 9.17) is 0 Å². The Labute approximate surface area is 93.0 Å². The molecule has 1 saturated carbocycles. The van der Waals surface area contributed by atoms with Crippen LogP contribution in [0.2, 0.25) is 0 Å². The van der Waals surface area contributed by atoms with E-state index >= 15 is 0 Å². The summed E-state index contributed by atoms with van der Waals surface area (Å²) in [5.41, 5.74) is 0. The quantitative estimate of drug-likeness (QED) is 0.785. The fourth-order valence-corrected chi connectivity index (χ4v) is 1.56. The van der Waals surface area contributed by atoms with Crippen molar-refractivity contribution in [2.24, 2.45) is 5.92 Å². The van der Waals surface area contributed by atoms with Crippen LogP contribution in [0.4, 0.5) is 13.2 Å². The van der Waals surface area contributed by atoms with Crippen molar-refractivity contribution in [3.05, 3.63) is 0 Å². The molecule has 1 N–H and O–H groups in total. The van der Waals surface area contributed by atoms with E-state index in [-0.39, 0.29) is 12.6 Å². The zero-order valence-electron chi connectivity index (χ0n) is 9.47. The minimum Gasteiger partial charge on any atom is -0.346 e. The maximum absolute atomic E-state index is 11.8. The molecular formula is C10H17F3N2O. The molecule has 0 aliphatic heterocycles. The van der Waals surface area contributed by atoms with Crippen LogP contribution in [-0.2, 0) is 4.79 Å². The summed E-state index contributed by atoms with van der Waals surface area (Å²) in [6, 6.07) is 0.261. The highest BCUT2D eigenvalue weighted by Crippen LogP contribution is 2.34. The Morgan fingerprint density at radius 3 is 2.50 bits per heavy atom. The zero-order chi connectivity index (χ0) is 12.3. The van der Waals surface area contributed by atoms with Gasteiger partial charge >= 0.3 is 6.18 Å². The predicted molar refractivity (Wildman–Crippen MR) is 53.9 cm³/mol. The molecule has 0 aromatic rings. The van der Waals surface area contributed by atoms with Crippen LogP contribution in [0, 0.1) is 5.92 Å². The van der Waals surface area contributed by atoms with Crippen LogP contribution in [0.1, 0.15) is 19.8 Å². The molecule has 0 spiro atoms. The normalized spacial score (nSPS) is 18.6. The predicted octanol–water partition coefficient (Wildman–Crippen LogP) is 1.40. The number of hydrogen-bond donors (Lipinski definition) is 1. The summed E-state index contributed by atoms with van der Waals surface area (Å²) < 4.78 is 35.5. The van der Waals surface area contributed by atoms with E-state index in [0.29, 0.717) is 5.92 Å². The van der Waals surface area contributed by atoms with Gasteiger partial charge in [-0.2, -0.15) is 13.2 Å². The lowest BCUT2D eigenvalue weighted by Gasteiger charge is -2.23. The molecule has 0 saturated heterocycles. The molecule has 1 fully saturated rings. The highest BCUT2D eigenvalue weighted by molar-refractivity contribution is 5.78. The fourth-order valence-electron chi connectivity index (χ4n) is 1.56. The van der Waals surface area contributed by atoms with E-state index in [1.807, 2.05) is 12.2 Å². The van der Waals surface area contributed by atoms with Gasteiger partial charge in [0.05, 0.1) is 6.54 Å². The van der Waals surface area contributed by atoms with E-state index in [1.165, 1.54) is 0 Å². The second-order valence-electron chi connectivity index (χ2n) is 4.39. The van der Waals surface area contributed by atoms with Gasteiger partial charge in [0, 0.05) is 6.04 Å². The number of alkyl halides is 3. The Hall–Kier alpha value is -0.780. The van der Waals surface area contributed by atoms with Gasteiger partial charge in [-0.15, -0.1) is 0 Å². The summed E-state index contributed by atoms with van der Waals surface area (Å²) >= 11 is 0. The second-order valence-corrected chi connectivity index (χ2v) is 4.39. The number of nitrogens with one attached hydrogen (secondary N) is 1. The number of halogens is 3. The largest absolute Gasteiger partial charge is 0.405 e. The summed E-state index contributed by atoms with van der Waals surface area (Å²) in [4.78, 5) is 13.0. The smallest absolute Gasteiger partial charge is 0.346 e. The maximum Gasteiger partial charge on any atom is 0.405 e. The lowest BCUT2D eigenvalue weighted by Crippen LogP contribution is -2.43. The number of nitrogens with zero attached hydrogens (tertiary/aromatic N) is 1. The molecule has 0 bridgehead atoms. The molecule has 3 nitrogen and oxygen atoms in total. The number of likely N-dealkylation sites (N-methyl/N-ethyl adjacent to an activating group) is 1. The van der Waals surface area contributed by atoms with Crippen LogP contribution in [0.25, 0.3) is 0 Å². The first-order valence-corrected chi connectivity index (χ1v) is 5.33. The molecule has 1 atom stereocenters. The van der Waals surface area contributed by atoms with Crippen LogP contribution in [-0.4, -0.2) is 43.2 Å². The summed E-state index contributed by atoms with van der Waals surface area (Å²) in [6.07, 6.45) is -2.04. The molecule has 6 heteroatoms. The Morgan fingerprint density at radius 1 is 1.50 bits per heavy atom. The molecule has 0 aromatic carbocycles. The van der Waals surface area contributed by atoms with Crippen LogP contribution >= 0.6 is 0 Å². The Morgan fingerprint density at radius 2 is 2.06 bits per heavy atom. The Bertz CT molecular complexity index is 251. The van der Waals surface area contributed by atoms with Gasteiger partial charge in [-0.05, 0) is 32.7 Å². The van der Waals surface area contributed by atoms with E-state index < -0.39 is 18.6 Å². The first-order chi connectivity index (χ1) is 7.29. The van der Waals surface area contributed by atoms with Gasteiger partial charge in [-0.1, -0.05) is 0 Å². The van der Waals surface area contributed by atoms with Gasteiger partial charge in [-0.25, -0.2) is 0 Å². The molecule has 1 amide bonds. The first-order valence-electron chi connectivity index (χ1n) is 5.33. The molecular weight excluding hydrogens is 221 g/mol. The molecule has 16 heavy (non-hydrogen) atoms. The average Bonchev–Trinajstić information content (AvgIpc) is 2.95. The van der Waals surface area contributed by atoms with Crippen molar-refractivity contribution in [3.8, 4) is 0 Å². The Kier molecular flexibility index (Phi) is 4.18. The minimum atomic E-state index is -4.34. The second kappa shape index (κ2) is 5.03. The van der Waals surface area contributed by atoms with Crippen LogP contribution in [0.5, 0.6) is 0 Å². The summed E-state index contributed by atoms with van der Waals surface area (Å²) in [5, 5.41) is 1.86. The van der Waals surface area contributed by atoms with Gasteiger partial charge in [0.25, 0.3) is 0 Å². The van der Waals surface area contributed by atoms with E-state index in [0.717, 1.165) is 12.8 Å². The summed E-state index contributed by atoms with van der Waals surface area (Å²) in [5.74, 6) is 0.0211. The monoisotopic (exact) mass is 238 g/mol. The molecule has 0 heterocycles. The van der Waals surface area contributed by atoms with Crippen molar-refractivity contribution in [1.29, 1.82) is 0 Å². The lowest BCUT2D eigenvalue weighted by molar-refractivity contribution is -0.139. The van der Waals surface area contributed by atoms with Crippen molar-refractivity contribution in [2.75, 3.05) is 20.1 Å². The van der Waals surface area contributed by atoms with Gasteiger partial charge in [0.2, 0.25) is 5.91 Å². The summed E-state index contributed by atoms with van der Waals surface area (Å²) in [6.45, 7) is 0.764.